The van der Waals surface area contributed by atoms with Crippen LogP contribution in [0.1, 0.15) is 5.56 Å². The maximum atomic E-state index is 12.9. The van der Waals surface area contributed by atoms with E-state index in [4.69, 9.17) is 5.73 Å². The minimum atomic E-state index is -4.69. The Morgan fingerprint density at radius 3 is 2.44 bits per heavy atom. The third-order valence-electron chi connectivity index (χ3n) is 2.21. The van der Waals surface area contributed by atoms with Crippen molar-refractivity contribution < 1.29 is 17.6 Å². The average molecular weight is 257 g/mol. The van der Waals surface area contributed by atoms with Gasteiger partial charge in [-0.1, -0.05) is 0 Å². The lowest BCUT2D eigenvalue weighted by molar-refractivity contribution is -0.137. The number of benzene rings is 1. The van der Waals surface area contributed by atoms with Crippen LogP contribution >= 0.6 is 0 Å². The van der Waals surface area contributed by atoms with E-state index in [1.807, 2.05) is 0 Å². The molecule has 18 heavy (non-hydrogen) atoms. The van der Waals surface area contributed by atoms with Crippen LogP contribution in [0.4, 0.5) is 23.4 Å². The third-order valence-corrected chi connectivity index (χ3v) is 2.21. The van der Waals surface area contributed by atoms with Crippen molar-refractivity contribution in [3.8, 4) is 11.4 Å². The normalized spacial score (nSPS) is 11.6. The lowest BCUT2D eigenvalue weighted by atomic mass is 10.1. The van der Waals surface area contributed by atoms with Crippen LogP contribution in [-0.2, 0) is 6.18 Å². The second-order valence-electron chi connectivity index (χ2n) is 3.49. The van der Waals surface area contributed by atoms with Crippen LogP contribution in [0, 0.1) is 5.82 Å². The lowest BCUT2D eigenvalue weighted by Crippen LogP contribution is -2.09. The molecule has 0 saturated heterocycles. The first-order chi connectivity index (χ1) is 8.38. The fourth-order valence-electron chi connectivity index (χ4n) is 1.45. The summed E-state index contributed by atoms with van der Waals surface area (Å²) in [6, 6.07) is 3.65. The van der Waals surface area contributed by atoms with Gasteiger partial charge in [-0.2, -0.15) is 13.2 Å². The summed E-state index contributed by atoms with van der Waals surface area (Å²) in [7, 11) is 0. The SMILES string of the molecule is Nc1ccnc(-c2ccc(F)cc2C(F)(F)F)n1. The number of nitrogens with zero attached hydrogens (tertiary/aromatic N) is 2. The molecule has 94 valence electrons. The zero-order chi connectivity index (χ0) is 13.3. The molecular weight excluding hydrogens is 250 g/mol. The number of nitrogens with two attached hydrogens (primary N) is 1. The monoisotopic (exact) mass is 257 g/mol. The summed E-state index contributed by atoms with van der Waals surface area (Å²) < 4.78 is 51.2. The first-order valence-corrected chi connectivity index (χ1v) is 4.83. The van der Waals surface area contributed by atoms with Crippen molar-refractivity contribution in [3.63, 3.8) is 0 Å². The van der Waals surface area contributed by atoms with E-state index in [1.54, 1.807) is 0 Å². The van der Waals surface area contributed by atoms with Gasteiger partial charge in [0.15, 0.2) is 5.82 Å². The molecule has 2 N–H and O–H groups in total. The predicted molar refractivity (Wildman–Crippen MR) is 56.8 cm³/mol. The Hall–Kier alpha value is -2.18. The second kappa shape index (κ2) is 4.25. The van der Waals surface area contributed by atoms with Crippen molar-refractivity contribution in [2.24, 2.45) is 0 Å². The molecule has 2 rings (SSSR count). The van der Waals surface area contributed by atoms with E-state index in [2.05, 4.69) is 9.97 Å². The maximum Gasteiger partial charge on any atom is 0.417 e. The van der Waals surface area contributed by atoms with Gasteiger partial charge in [0.05, 0.1) is 5.56 Å². The third kappa shape index (κ3) is 2.39. The van der Waals surface area contributed by atoms with Crippen molar-refractivity contribution in [2.75, 3.05) is 5.73 Å². The quantitative estimate of drug-likeness (QED) is 0.799. The maximum absolute atomic E-state index is 12.9. The highest BCUT2D eigenvalue weighted by Crippen LogP contribution is 2.36. The average Bonchev–Trinajstić information content (AvgIpc) is 2.27. The molecule has 0 saturated carbocycles. The van der Waals surface area contributed by atoms with E-state index in [0.717, 1.165) is 12.1 Å². The Balaban J connectivity index is 2.64. The van der Waals surface area contributed by atoms with E-state index in [0.29, 0.717) is 6.07 Å². The molecule has 0 spiro atoms. The highest BCUT2D eigenvalue weighted by Gasteiger charge is 2.34. The number of anilines is 1. The zero-order valence-corrected chi connectivity index (χ0v) is 8.87. The van der Waals surface area contributed by atoms with Gasteiger partial charge in [0, 0.05) is 11.8 Å². The van der Waals surface area contributed by atoms with Crippen molar-refractivity contribution >= 4 is 5.82 Å². The van der Waals surface area contributed by atoms with Crippen LogP contribution < -0.4 is 5.73 Å². The molecule has 1 aromatic carbocycles. The predicted octanol–water partition coefficient (Wildman–Crippen LogP) is 2.88. The van der Waals surface area contributed by atoms with Crippen LogP contribution in [0.2, 0.25) is 0 Å². The summed E-state index contributed by atoms with van der Waals surface area (Å²) in [4.78, 5) is 7.39. The number of aromatic nitrogens is 2. The van der Waals surface area contributed by atoms with Gasteiger partial charge in [-0.15, -0.1) is 0 Å². The Morgan fingerprint density at radius 2 is 1.83 bits per heavy atom. The van der Waals surface area contributed by atoms with Gasteiger partial charge in [0.2, 0.25) is 0 Å². The van der Waals surface area contributed by atoms with E-state index in [-0.39, 0.29) is 17.2 Å². The van der Waals surface area contributed by atoms with Gasteiger partial charge < -0.3 is 5.73 Å². The molecule has 0 bridgehead atoms. The molecule has 3 nitrogen and oxygen atoms in total. The van der Waals surface area contributed by atoms with Crippen LogP contribution in [0.3, 0.4) is 0 Å². The molecule has 2 aromatic rings. The molecule has 0 aliphatic heterocycles. The van der Waals surface area contributed by atoms with Gasteiger partial charge in [-0.3, -0.25) is 0 Å². The topological polar surface area (TPSA) is 51.8 Å². The fourth-order valence-corrected chi connectivity index (χ4v) is 1.45. The second-order valence-corrected chi connectivity index (χ2v) is 3.49. The molecule has 1 heterocycles. The minimum absolute atomic E-state index is 0.0393. The smallest absolute Gasteiger partial charge is 0.384 e. The molecule has 7 heteroatoms. The standard InChI is InChI=1S/C11H7F4N3/c12-6-1-2-7(8(5-6)11(13,14)15)10-17-4-3-9(16)18-10/h1-5H,(H2,16,17,18). The number of nitrogen functional groups attached to an aromatic ring is 1. The van der Waals surface area contributed by atoms with Gasteiger partial charge in [-0.05, 0) is 24.3 Å². The summed E-state index contributed by atoms with van der Waals surface area (Å²) in [6.45, 7) is 0. The van der Waals surface area contributed by atoms with Gasteiger partial charge in [-0.25, -0.2) is 14.4 Å². The Labute approximate surface area is 99.3 Å². The Kier molecular flexibility index (Phi) is 2.90. The van der Waals surface area contributed by atoms with E-state index < -0.39 is 17.6 Å². The molecule has 0 unspecified atom stereocenters. The van der Waals surface area contributed by atoms with Gasteiger partial charge >= 0.3 is 6.18 Å². The van der Waals surface area contributed by atoms with Crippen LogP contribution in [0.5, 0.6) is 0 Å². The van der Waals surface area contributed by atoms with E-state index >= 15 is 0 Å². The van der Waals surface area contributed by atoms with Crippen LogP contribution in [-0.4, -0.2) is 9.97 Å². The summed E-state index contributed by atoms with van der Waals surface area (Å²) in [5.74, 6) is -1.13. The molecule has 0 aliphatic carbocycles. The zero-order valence-electron chi connectivity index (χ0n) is 8.87. The molecule has 0 aliphatic rings. The first-order valence-electron chi connectivity index (χ1n) is 4.83. The largest absolute Gasteiger partial charge is 0.417 e. The summed E-state index contributed by atoms with van der Waals surface area (Å²) in [5.41, 5.74) is 3.94. The molecule has 0 amide bonds. The minimum Gasteiger partial charge on any atom is -0.384 e. The summed E-state index contributed by atoms with van der Waals surface area (Å²) >= 11 is 0. The first kappa shape index (κ1) is 12.3. The van der Waals surface area contributed by atoms with Crippen molar-refractivity contribution in [1.29, 1.82) is 0 Å². The van der Waals surface area contributed by atoms with Crippen LogP contribution in [0.15, 0.2) is 30.5 Å². The lowest BCUT2D eigenvalue weighted by Gasteiger charge is -2.11. The number of rotatable bonds is 1. The van der Waals surface area contributed by atoms with Crippen molar-refractivity contribution in [1.82, 2.24) is 9.97 Å². The Morgan fingerprint density at radius 1 is 1.11 bits per heavy atom. The number of hydrogen-bond donors (Lipinski definition) is 1. The number of alkyl halides is 3. The van der Waals surface area contributed by atoms with Gasteiger partial charge in [0.1, 0.15) is 11.6 Å². The molecule has 0 atom stereocenters. The van der Waals surface area contributed by atoms with E-state index in [1.165, 1.54) is 12.3 Å². The molecule has 0 fully saturated rings. The number of halogens is 4. The summed E-state index contributed by atoms with van der Waals surface area (Å²) in [5, 5.41) is 0. The van der Waals surface area contributed by atoms with Crippen molar-refractivity contribution in [2.45, 2.75) is 6.18 Å². The van der Waals surface area contributed by atoms with Crippen molar-refractivity contribution in [3.05, 3.63) is 41.8 Å². The molecular formula is C11H7F4N3. The summed E-state index contributed by atoms with van der Waals surface area (Å²) in [6.07, 6.45) is -3.45. The molecule has 0 radical (unpaired) electrons. The highest BCUT2D eigenvalue weighted by molar-refractivity contribution is 5.62. The van der Waals surface area contributed by atoms with Gasteiger partial charge in [0.25, 0.3) is 0 Å². The van der Waals surface area contributed by atoms with E-state index in [9.17, 15) is 17.6 Å². The Bertz CT molecular complexity index is 581. The van der Waals surface area contributed by atoms with Crippen LogP contribution in [0.25, 0.3) is 11.4 Å². The highest BCUT2D eigenvalue weighted by atomic mass is 19.4. The fraction of sp³-hybridized carbons (Fsp3) is 0.0909. The number of hydrogen-bond acceptors (Lipinski definition) is 3. The molecule has 1 aromatic heterocycles.